The minimum absolute atomic E-state index is 0.0302. The summed E-state index contributed by atoms with van der Waals surface area (Å²) in [6, 6.07) is 5.52. The predicted molar refractivity (Wildman–Crippen MR) is 144 cm³/mol. The van der Waals surface area contributed by atoms with Crippen LogP contribution in [-0.2, 0) is 6.54 Å². The number of hydrogen-bond acceptors (Lipinski definition) is 7. The van der Waals surface area contributed by atoms with Crippen LogP contribution in [0.1, 0.15) is 25.6 Å². The molecule has 0 atom stereocenters. The molecule has 4 N–H and O–H groups in total. The highest BCUT2D eigenvalue weighted by atomic mass is 35.5. The zero-order chi connectivity index (χ0) is 27.1. The minimum Gasteiger partial charge on any atom is -0.494 e. The predicted octanol–water partition coefficient (Wildman–Crippen LogP) is 4.75. The molecule has 1 aromatic carbocycles. The van der Waals surface area contributed by atoms with Gasteiger partial charge in [0.05, 0.1) is 35.0 Å². The average Bonchev–Trinajstić information content (AvgIpc) is 3.24. The van der Waals surface area contributed by atoms with Gasteiger partial charge in [0.1, 0.15) is 16.4 Å². The zero-order valence-electron chi connectivity index (χ0n) is 19.6. The quantitative estimate of drug-likeness (QED) is 0.286. The summed E-state index contributed by atoms with van der Waals surface area (Å²) in [6.07, 6.45) is 1.38. The molecule has 3 rings (SSSR count). The van der Waals surface area contributed by atoms with Crippen molar-refractivity contribution in [2.75, 3.05) is 37.9 Å². The van der Waals surface area contributed by atoms with Crippen LogP contribution in [0.4, 0.5) is 16.3 Å². The third-order valence-corrected chi connectivity index (χ3v) is 6.90. The summed E-state index contributed by atoms with van der Waals surface area (Å²) in [5, 5.41) is 19.1. The highest BCUT2D eigenvalue weighted by molar-refractivity contribution is 7.13. The second-order valence-electron chi connectivity index (χ2n) is 7.52. The van der Waals surface area contributed by atoms with Crippen molar-refractivity contribution in [3.05, 3.63) is 66.9 Å². The lowest BCUT2D eigenvalue weighted by Crippen LogP contribution is -2.38. The van der Waals surface area contributed by atoms with Gasteiger partial charge in [0.2, 0.25) is 0 Å². The summed E-state index contributed by atoms with van der Waals surface area (Å²) in [4.78, 5) is 43.9. The number of rotatable bonds is 9. The van der Waals surface area contributed by atoms with Crippen molar-refractivity contribution < 1.29 is 24.2 Å². The number of urea groups is 1. The highest BCUT2D eigenvalue weighted by Crippen LogP contribution is 2.35. The molecule has 0 aliphatic rings. The Morgan fingerprint density at radius 3 is 2.51 bits per heavy atom. The minimum atomic E-state index is -0.598. The van der Waals surface area contributed by atoms with Gasteiger partial charge in [-0.15, -0.1) is 11.3 Å². The fourth-order valence-electron chi connectivity index (χ4n) is 3.12. The number of hydrogen-bond donors (Lipinski definition) is 4. The largest absolute Gasteiger partial charge is 0.494 e. The summed E-state index contributed by atoms with van der Waals surface area (Å²) in [6.45, 7) is 0.0560. The Bertz CT molecular complexity index is 1300. The number of pyridine rings is 1. The maximum atomic E-state index is 13.2. The topological polar surface area (TPSA) is 133 Å². The van der Waals surface area contributed by atoms with E-state index in [1.165, 1.54) is 36.4 Å². The lowest BCUT2D eigenvalue weighted by atomic mass is 10.1. The Labute approximate surface area is 231 Å². The van der Waals surface area contributed by atoms with Gasteiger partial charge >= 0.3 is 6.03 Å². The summed E-state index contributed by atoms with van der Waals surface area (Å²) < 4.78 is 5.36. The Balaban J connectivity index is 1.84. The second-order valence-corrected chi connectivity index (χ2v) is 9.65. The third-order valence-electron chi connectivity index (χ3n) is 4.89. The molecule has 10 nitrogen and oxygen atoms in total. The molecule has 14 heteroatoms. The van der Waals surface area contributed by atoms with Gasteiger partial charge in [-0.05, 0) is 23.6 Å². The van der Waals surface area contributed by atoms with Gasteiger partial charge < -0.3 is 30.7 Å². The van der Waals surface area contributed by atoms with Gasteiger partial charge in [-0.2, -0.15) is 0 Å². The molecular weight excluding hydrogens is 565 g/mol. The van der Waals surface area contributed by atoms with Crippen LogP contribution < -0.4 is 20.7 Å². The van der Waals surface area contributed by atoms with E-state index in [4.69, 9.17) is 44.6 Å². The Morgan fingerprint density at radius 2 is 1.86 bits per heavy atom. The number of halogens is 3. The van der Waals surface area contributed by atoms with Crippen LogP contribution in [0.15, 0.2) is 35.8 Å². The first kappa shape index (κ1) is 28.5. The number of carbonyl (C=O) groups is 3. The van der Waals surface area contributed by atoms with E-state index in [0.717, 1.165) is 11.3 Å². The number of amides is 4. The van der Waals surface area contributed by atoms with Crippen LogP contribution in [-0.4, -0.2) is 60.1 Å². The maximum absolute atomic E-state index is 13.2. The standard InChI is InChI=1S/C23H22Cl3N5O5S/c1-31(23(35)27-5-6-32)10-12-11-37-20(18(12)26)22(34)30-19-15(7-14(25)8-16(19)36-2)21(33)29-17-4-3-13(24)9-28-17/h3-4,7-9,11,32H,5-6,10H2,1-2H3,(H,27,35)(H,30,34)(H,28,29,33). The number of methoxy groups -OCH3 is 1. The van der Waals surface area contributed by atoms with Crippen LogP contribution in [0.2, 0.25) is 15.1 Å². The first-order chi connectivity index (χ1) is 17.6. The van der Waals surface area contributed by atoms with Gasteiger partial charge in [-0.25, -0.2) is 9.78 Å². The van der Waals surface area contributed by atoms with E-state index in [1.807, 2.05) is 0 Å². The van der Waals surface area contributed by atoms with Crippen LogP contribution in [0.3, 0.4) is 0 Å². The summed E-state index contributed by atoms with van der Waals surface area (Å²) >= 11 is 19.6. The van der Waals surface area contributed by atoms with Gasteiger partial charge in [0.15, 0.2) is 0 Å². The van der Waals surface area contributed by atoms with Crippen LogP contribution in [0.5, 0.6) is 5.75 Å². The number of nitrogens with zero attached hydrogens (tertiary/aromatic N) is 2. The molecule has 0 aliphatic heterocycles. The van der Waals surface area contributed by atoms with E-state index in [1.54, 1.807) is 18.5 Å². The number of nitrogens with one attached hydrogen (secondary N) is 3. The van der Waals surface area contributed by atoms with Crippen LogP contribution in [0, 0.1) is 0 Å². The number of ether oxygens (including phenoxy) is 1. The molecule has 0 fully saturated rings. The van der Waals surface area contributed by atoms with E-state index in [2.05, 4.69) is 20.9 Å². The number of anilines is 2. The molecule has 2 heterocycles. The van der Waals surface area contributed by atoms with Crippen molar-refractivity contribution >= 4 is 75.5 Å². The lowest BCUT2D eigenvalue weighted by Gasteiger charge is -2.17. The maximum Gasteiger partial charge on any atom is 0.317 e. The second kappa shape index (κ2) is 12.9. The van der Waals surface area contributed by atoms with Crippen LogP contribution in [0.25, 0.3) is 0 Å². The normalized spacial score (nSPS) is 10.5. The van der Waals surface area contributed by atoms with Crippen molar-refractivity contribution in [3.8, 4) is 5.75 Å². The molecule has 0 saturated carbocycles. The molecule has 0 saturated heterocycles. The Hall–Kier alpha value is -3.09. The molecule has 0 unspecified atom stereocenters. The van der Waals surface area contributed by atoms with Crippen molar-refractivity contribution in [3.63, 3.8) is 0 Å². The highest BCUT2D eigenvalue weighted by Gasteiger charge is 2.24. The Morgan fingerprint density at radius 1 is 1.11 bits per heavy atom. The van der Waals surface area contributed by atoms with Crippen molar-refractivity contribution in [1.82, 2.24) is 15.2 Å². The van der Waals surface area contributed by atoms with Gasteiger partial charge in [-0.3, -0.25) is 9.59 Å². The SMILES string of the molecule is COc1cc(Cl)cc(C(=O)Nc2ccc(Cl)cn2)c1NC(=O)c1scc(CN(C)C(=O)NCCO)c1Cl. The number of aliphatic hydroxyl groups is 1. The van der Waals surface area contributed by atoms with E-state index < -0.39 is 17.8 Å². The molecule has 196 valence electrons. The molecule has 37 heavy (non-hydrogen) atoms. The lowest BCUT2D eigenvalue weighted by molar-refractivity contribution is 0.102. The Kier molecular flexibility index (Phi) is 9.95. The number of carbonyl (C=O) groups excluding carboxylic acids is 3. The van der Waals surface area contributed by atoms with E-state index in [-0.39, 0.29) is 57.4 Å². The summed E-state index contributed by atoms with van der Waals surface area (Å²) in [7, 11) is 2.93. The van der Waals surface area contributed by atoms with E-state index in [9.17, 15) is 14.4 Å². The van der Waals surface area contributed by atoms with E-state index in [0.29, 0.717) is 10.6 Å². The average molecular weight is 587 g/mol. The third kappa shape index (κ3) is 7.24. The molecule has 4 amide bonds. The number of benzene rings is 1. The van der Waals surface area contributed by atoms with Crippen LogP contribution >= 0.6 is 46.1 Å². The fourth-order valence-corrected chi connectivity index (χ4v) is 4.68. The zero-order valence-corrected chi connectivity index (χ0v) is 22.7. The molecule has 0 spiro atoms. The van der Waals surface area contributed by atoms with E-state index >= 15 is 0 Å². The van der Waals surface area contributed by atoms with Crippen molar-refractivity contribution in [2.45, 2.75) is 6.54 Å². The molecule has 2 aromatic heterocycles. The summed E-state index contributed by atoms with van der Waals surface area (Å²) in [5.74, 6) is -0.792. The molecular formula is C23H22Cl3N5O5S. The van der Waals surface area contributed by atoms with Gasteiger partial charge in [0, 0.05) is 43.0 Å². The summed E-state index contributed by atoms with van der Waals surface area (Å²) in [5.41, 5.74) is 0.658. The first-order valence-electron chi connectivity index (χ1n) is 10.6. The molecule has 3 aromatic rings. The molecule has 0 radical (unpaired) electrons. The molecule has 0 aliphatic carbocycles. The van der Waals surface area contributed by atoms with Gasteiger partial charge in [-0.1, -0.05) is 34.8 Å². The first-order valence-corrected chi connectivity index (χ1v) is 12.6. The number of thiophene rings is 1. The number of aliphatic hydroxyl groups excluding tert-OH is 1. The monoisotopic (exact) mass is 585 g/mol. The van der Waals surface area contributed by atoms with Crippen molar-refractivity contribution in [1.29, 1.82) is 0 Å². The smallest absolute Gasteiger partial charge is 0.317 e. The van der Waals surface area contributed by atoms with Crippen molar-refractivity contribution in [2.24, 2.45) is 0 Å². The van der Waals surface area contributed by atoms with Gasteiger partial charge in [0.25, 0.3) is 11.8 Å². The molecule has 0 bridgehead atoms. The fraction of sp³-hybridized carbons (Fsp3) is 0.217. The number of aromatic nitrogens is 1.